The Kier molecular flexibility index (Phi) is 5.47. The van der Waals surface area contributed by atoms with Crippen LogP contribution in [0.15, 0.2) is 36.4 Å². The maximum atomic E-state index is 12.1. The second kappa shape index (κ2) is 7.35. The van der Waals surface area contributed by atoms with Crippen LogP contribution in [0.25, 0.3) is 0 Å². The van der Waals surface area contributed by atoms with Crippen molar-refractivity contribution < 1.29 is 19.1 Å². The summed E-state index contributed by atoms with van der Waals surface area (Å²) >= 11 is 11.7. The number of hydrogen-bond acceptors (Lipinski definition) is 5. The smallest absolute Gasteiger partial charge is 0.340 e. The van der Waals surface area contributed by atoms with Crippen molar-refractivity contribution in [1.29, 1.82) is 0 Å². The molecule has 0 saturated carbocycles. The van der Waals surface area contributed by atoms with E-state index in [9.17, 15) is 9.59 Å². The number of ether oxygens (including phenoxy) is 2. The number of esters is 1. The molecular formula is C16H13Cl2NO4. The van der Waals surface area contributed by atoms with Gasteiger partial charge in [-0.15, -0.1) is 0 Å². The average Bonchev–Trinajstić information content (AvgIpc) is 2.55. The highest BCUT2D eigenvalue weighted by Crippen LogP contribution is 2.28. The number of Topliss-reactive ketones (excluding diaryl/α,β-unsaturated/α-hetero) is 1. The summed E-state index contributed by atoms with van der Waals surface area (Å²) in [6.07, 6.45) is 0. The molecule has 2 rings (SSSR count). The highest BCUT2D eigenvalue weighted by Gasteiger charge is 2.17. The van der Waals surface area contributed by atoms with E-state index in [-0.39, 0.29) is 27.1 Å². The molecule has 0 bridgehead atoms. The molecule has 2 aromatic rings. The van der Waals surface area contributed by atoms with Gasteiger partial charge in [0.15, 0.2) is 12.4 Å². The summed E-state index contributed by atoms with van der Waals surface area (Å²) in [6.45, 7) is -0.435. The number of anilines is 1. The van der Waals surface area contributed by atoms with Crippen molar-refractivity contribution >= 4 is 40.6 Å². The maximum absolute atomic E-state index is 12.1. The predicted octanol–water partition coefficient (Wildman–Crippen LogP) is 3.62. The molecule has 0 saturated heterocycles. The van der Waals surface area contributed by atoms with Crippen LogP contribution in [0.5, 0.6) is 5.75 Å². The summed E-state index contributed by atoms with van der Waals surface area (Å²) < 4.78 is 10.0. The highest BCUT2D eigenvalue weighted by atomic mass is 35.5. The van der Waals surface area contributed by atoms with E-state index in [1.165, 1.54) is 19.2 Å². The van der Waals surface area contributed by atoms with Crippen LogP contribution in [0, 0.1) is 0 Å². The SMILES string of the molecule is COc1cccc(C(=O)COC(=O)c2cc(Cl)cc(Cl)c2N)c1. The van der Waals surface area contributed by atoms with Crippen molar-refractivity contribution in [2.24, 2.45) is 0 Å². The number of rotatable bonds is 5. The topological polar surface area (TPSA) is 78.6 Å². The fraction of sp³-hybridized carbons (Fsp3) is 0.125. The number of carbonyl (C=O) groups excluding carboxylic acids is 2. The van der Waals surface area contributed by atoms with Crippen molar-refractivity contribution in [3.63, 3.8) is 0 Å². The summed E-state index contributed by atoms with van der Waals surface area (Å²) in [5, 5.41) is 0.388. The molecule has 2 aromatic carbocycles. The largest absolute Gasteiger partial charge is 0.497 e. The lowest BCUT2D eigenvalue weighted by atomic mass is 10.1. The predicted molar refractivity (Wildman–Crippen MR) is 88.5 cm³/mol. The zero-order valence-corrected chi connectivity index (χ0v) is 13.6. The lowest BCUT2D eigenvalue weighted by molar-refractivity contribution is 0.0476. The number of ketones is 1. The zero-order valence-electron chi connectivity index (χ0n) is 12.1. The molecule has 5 nitrogen and oxygen atoms in total. The van der Waals surface area contributed by atoms with Crippen LogP contribution < -0.4 is 10.5 Å². The first-order valence-corrected chi connectivity index (χ1v) is 7.27. The van der Waals surface area contributed by atoms with E-state index < -0.39 is 12.6 Å². The third-order valence-corrected chi connectivity index (χ3v) is 3.57. The highest BCUT2D eigenvalue weighted by molar-refractivity contribution is 6.37. The Morgan fingerprint density at radius 1 is 1.17 bits per heavy atom. The van der Waals surface area contributed by atoms with Gasteiger partial charge in [0.1, 0.15) is 5.75 Å². The molecule has 0 radical (unpaired) electrons. The van der Waals surface area contributed by atoms with Crippen LogP contribution in [0.4, 0.5) is 5.69 Å². The summed E-state index contributed by atoms with van der Waals surface area (Å²) in [5.74, 6) is -0.611. The third kappa shape index (κ3) is 4.15. The first kappa shape index (κ1) is 17.1. The molecule has 0 spiro atoms. The van der Waals surface area contributed by atoms with Gasteiger partial charge in [0.2, 0.25) is 0 Å². The number of carbonyl (C=O) groups is 2. The van der Waals surface area contributed by atoms with E-state index >= 15 is 0 Å². The fourth-order valence-corrected chi connectivity index (χ4v) is 2.34. The van der Waals surface area contributed by atoms with E-state index in [1.807, 2.05) is 0 Å². The van der Waals surface area contributed by atoms with E-state index in [1.54, 1.807) is 24.3 Å². The summed E-state index contributed by atoms with van der Waals surface area (Å²) in [4.78, 5) is 24.1. The molecule has 0 amide bonds. The van der Waals surface area contributed by atoms with Crippen LogP contribution >= 0.6 is 23.2 Å². The van der Waals surface area contributed by atoms with E-state index in [4.69, 9.17) is 38.4 Å². The summed E-state index contributed by atoms with van der Waals surface area (Å²) in [5.41, 5.74) is 6.15. The van der Waals surface area contributed by atoms with Gasteiger partial charge in [0.25, 0.3) is 0 Å². The quantitative estimate of drug-likeness (QED) is 0.504. The van der Waals surface area contributed by atoms with E-state index in [2.05, 4.69) is 0 Å². The molecular weight excluding hydrogens is 341 g/mol. The second-order valence-corrected chi connectivity index (χ2v) is 5.42. The van der Waals surface area contributed by atoms with Gasteiger partial charge in [-0.2, -0.15) is 0 Å². The summed E-state index contributed by atoms with van der Waals surface area (Å²) in [7, 11) is 1.50. The number of hydrogen-bond donors (Lipinski definition) is 1. The Balaban J connectivity index is 2.08. The zero-order chi connectivity index (χ0) is 17.0. The van der Waals surface area contributed by atoms with Crippen molar-refractivity contribution in [1.82, 2.24) is 0 Å². The average molecular weight is 354 g/mol. The van der Waals surface area contributed by atoms with Crippen LogP contribution in [0.3, 0.4) is 0 Å². The Morgan fingerprint density at radius 2 is 1.91 bits per heavy atom. The number of halogens is 2. The van der Waals surface area contributed by atoms with Crippen LogP contribution in [-0.4, -0.2) is 25.5 Å². The Morgan fingerprint density at radius 3 is 2.61 bits per heavy atom. The molecule has 0 atom stereocenters. The van der Waals surface area contributed by atoms with Gasteiger partial charge in [-0.05, 0) is 24.3 Å². The number of methoxy groups -OCH3 is 1. The van der Waals surface area contributed by atoms with Crippen LogP contribution in [0.1, 0.15) is 20.7 Å². The lowest BCUT2D eigenvalue weighted by Crippen LogP contribution is -2.15. The van der Waals surface area contributed by atoms with Gasteiger partial charge < -0.3 is 15.2 Å². The van der Waals surface area contributed by atoms with E-state index in [0.717, 1.165) is 0 Å². The Hall–Kier alpha value is -2.24. The van der Waals surface area contributed by atoms with Gasteiger partial charge in [0, 0.05) is 10.6 Å². The molecule has 120 valence electrons. The first-order chi connectivity index (χ1) is 10.9. The minimum absolute atomic E-state index is 0.0148. The molecule has 0 fully saturated rings. The first-order valence-electron chi connectivity index (χ1n) is 6.51. The van der Waals surface area contributed by atoms with Gasteiger partial charge >= 0.3 is 5.97 Å². The molecule has 0 aliphatic rings. The van der Waals surface area contributed by atoms with Gasteiger partial charge in [-0.3, -0.25) is 4.79 Å². The molecule has 7 heteroatoms. The monoisotopic (exact) mass is 353 g/mol. The Bertz CT molecular complexity index is 762. The molecule has 2 N–H and O–H groups in total. The lowest BCUT2D eigenvalue weighted by Gasteiger charge is -2.09. The minimum Gasteiger partial charge on any atom is -0.497 e. The number of nitrogens with two attached hydrogens (primary N) is 1. The van der Waals surface area contributed by atoms with Crippen molar-refractivity contribution in [2.45, 2.75) is 0 Å². The molecule has 0 unspecified atom stereocenters. The van der Waals surface area contributed by atoms with Gasteiger partial charge in [-0.25, -0.2) is 4.79 Å². The van der Waals surface area contributed by atoms with Crippen molar-refractivity contribution in [3.8, 4) is 5.75 Å². The minimum atomic E-state index is -0.775. The number of benzene rings is 2. The van der Waals surface area contributed by atoms with Crippen molar-refractivity contribution in [2.75, 3.05) is 19.5 Å². The van der Waals surface area contributed by atoms with Crippen molar-refractivity contribution in [3.05, 3.63) is 57.6 Å². The van der Waals surface area contributed by atoms with E-state index in [0.29, 0.717) is 11.3 Å². The van der Waals surface area contributed by atoms with Gasteiger partial charge in [0.05, 0.1) is 23.4 Å². The fourth-order valence-electron chi connectivity index (χ4n) is 1.84. The molecule has 0 heterocycles. The molecule has 23 heavy (non-hydrogen) atoms. The standard InChI is InChI=1S/C16H13Cl2NO4/c1-22-11-4-2-3-9(5-11)14(20)8-23-16(21)12-6-10(17)7-13(18)15(12)19/h2-7H,8,19H2,1H3. The Labute approximate surface area is 142 Å². The molecule has 0 aliphatic heterocycles. The maximum Gasteiger partial charge on any atom is 0.340 e. The van der Waals surface area contributed by atoms with Crippen LogP contribution in [0.2, 0.25) is 10.0 Å². The third-order valence-electron chi connectivity index (χ3n) is 3.04. The summed E-state index contributed by atoms with van der Waals surface area (Å²) in [6, 6.07) is 9.28. The van der Waals surface area contributed by atoms with Crippen LogP contribution in [-0.2, 0) is 4.74 Å². The molecule has 0 aliphatic carbocycles. The number of nitrogen functional groups attached to an aromatic ring is 1. The second-order valence-electron chi connectivity index (χ2n) is 4.58. The normalized spacial score (nSPS) is 10.2. The molecule has 0 aromatic heterocycles. The van der Waals surface area contributed by atoms with Gasteiger partial charge in [-0.1, -0.05) is 35.3 Å².